The van der Waals surface area contributed by atoms with Crippen LogP contribution >= 0.6 is 12.6 Å². The molecule has 0 aliphatic carbocycles. The van der Waals surface area contributed by atoms with E-state index in [1.165, 1.54) is 0 Å². The second-order valence-corrected chi connectivity index (χ2v) is 0.930. The van der Waals surface area contributed by atoms with Crippen LogP contribution in [0.4, 0.5) is 0 Å². The van der Waals surface area contributed by atoms with Crippen LogP contribution in [0.3, 0.4) is 0 Å². The highest BCUT2D eigenvalue weighted by Gasteiger charge is 1.76. The number of hydrogen-bond donors (Lipinski definition) is 2. The standard InChI is InChI=1S/C3H4O2S/c4-1-3(5)2-6/h1-2,5-6H/b3-2+. The third-order valence-corrected chi connectivity index (χ3v) is 0.518. The van der Waals surface area contributed by atoms with Gasteiger partial charge in [0.1, 0.15) is 0 Å². The zero-order valence-corrected chi connectivity index (χ0v) is 3.85. The Hall–Kier alpha value is -0.440. The molecule has 0 atom stereocenters. The van der Waals surface area contributed by atoms with Crippen molar-refractivity contribution in [3.05, 3.63) is 11.2 Å². The van der Waals surface area contributed by atoms with E-state index in [9.17, 15) is 4.79 Å². The number of aliphatic hydroxyl groups is 1. The van der Waals surface area contributed by atoms with E-state index in [-0.39, 0.29) is 5.76 Å². The number of allylic oxidation sites excluding steroid dienone is 1. The van der Waals surface area contributed by atoms with Crippen molar-refractivity contribution in [2.24, 2.45) is 0 Å². The lowest BCUT2D eigenvalue weighted by Crippen LogP contribution is -1.74. The molecule has 6 heavy (non-hydrogen) atoms. The Labute approximate surface area is 40.9 Å². The van der Waals surface area contributed by atoms with Gasteiger partial charge in [-0.3, -0.25) is 4.79 Å². The fourth-order valence-corrected chi connectivity index (χ4v) is 0.0913. The Kier molecular flexibility index (Phi) is 2.58. The molecule has 34 valence electrons. The van der Waals surface area contributed by atoms with Crippen LogP contribution in [0.2, 0.25) is 0 Å². The molecule has 1 N–H and O–H groups in total. The van der Waals surface area contributed by atoms with Crippen molar-refractivity contribution in [3.8, 4) is 0 Å². The molecule has 0 amide bonds. The van der Waals surface area contributed by atoms with E-state index in [4.69, 9.17) is 5.11 Å². The highest BCUT2D eigenvalue weighted by Crippen LogP contribution is 1.81. The molecule has 0 fully saturated rings. The molecule has 0 spiro atoms. The topological polar surface area (TPSA) is 37.3 Å². The van der Waals surface area contributed by atoms with Crippen molar-refractivity contribution >= 4 is 18.9 Å². The second-order valence-electron chi connectivity index (χ2n) is 0.672. The lowest BCUT2D eigenvalue weighted by Gasteiger charge is -1.73. The predicted octanol–water partition coefficient (Wildman–Crippen LogP) is 0.514. The van der Waals surface area contributed by atoms with Crippen LogP contribution in [0, 0.1) is 0 Å². The van der Waals surface area contributed by atoms with E-state index < -0.39 is 0 Å². The fourth-order valence-electron chi connectivity index (χ4n) is 0.0304. The van der Waals surface area contributed by atoms with E-state index >= 15 is 0 Å². The summed E-state index contributed by atoms with van der Waals surface area (Å²) in [6.07, 6.45) is 0.312. The van der Waals surface area contributed by atoms with Crippen molar-refractivity contribution in [1.29, 1.82) is 0 Å². The van der Waals surface area contributed by atoms with Crippen molar-refractivity contribution in [2.75, 3.05) is 0 Å². The Morgan fingerprint density at radius 3 is 2.33 bits per heavy atom. The van der Waals surface area contributed by atoms with Gasteiger partial charge >= 0.3 is 0 Å². The van der Waals surface area contributed by atoms with Gasteiger partial charge in [0, 0.05) is 5.41 Å². The molecule has 0 saturated carbocycles. The molecule has 3 heteroatoms. The second kappa shape index (κ2) is 2.78. The van der Waals surface area contributed by atoms with Gasteiger partial charge in [0.2, 0.25) is 0 Å². The highest BCUT2D eigenvalue weighted by molar-refractivity contribution is 7.83. The number of hydrogen-bond acceptors (Lipinski definition) is 3. The molecule has 0 saturated heterocycles. The van der Waals surface area contributed by atoms with Crippen LogP contribution < -0.4 is 0 Å². The van der Waals surface area contributed by atoms with Gasteiger partial charge in [0.05, 0.1) is 0 Å². The highest BCUT2D eigenvalue weighted by atomic mass is 32.1. The van der Waals surface area contributed by atoms with Crippen molar-refractivity contribution < 1.29 is 9.90 Å². The number of carbonyl (C=O) groups excluding carboxylic acids is 1. The van der Waals surface area contributed by atoms with Gasteiger partial charge in [-0.15, -0.1) is 12.6 Å². The molecule has 0 aromatic heterocycles. The van der Waals surface area contributed by atoms with Crippen LogP contribution in [0.15, 0.2) is 11.2 Å². The molecular formula is C3H4O2S. The summed E-state index contributed by atoms with van der Waals surface area (Å²) in [5.41, 5.74) is 0. The molecular weight excluding hydrogens is 100 g/mol. The Bertz CT molecular complexity index is 76.9. The fraction of sp³-hybridized carbons (Fsp3) is 0. The minimum Gasteiger partial charge on any atom is -0.504 e. The van der Waals surface area contributed by atoms with Crippen LogP contribution in [0.1, 0.15) is 0 Å². The lowest BCUT2D eigenvalue weighted by molar-refractivity contribution is -0.106. The first-order valence-electron chi connectivity index (χ1n) is 1.29. The summed E-state index contributed by atoms with van der Waals surface area (Å²) in [6.45, 7) is 0. The molecule has 0 unspecified atom stereocenters. The Balaban J connectivity index is 3.50. The number of aliphatic hydroxyl groups excluding tert-OH is 1. The van der Waals surface area contributed by atoms with E-state index in [0.717, 1.165) is 5.41 Å². The average Bonchev–Trinajstić information content (AvgIpc) is 1.65. The third-order valence-electron chi connectivity index (χ3n) is 0.253. The SMILES string of the molecule is O=C/C(O)=C\S. The zero-order chi connectivity index (χ0) is 4.99. The maximum atomic E-state index is 9.37. The molecule has 2 nitrogen and oxygen atoms in total. The molecule has 0 aromatic carbocycles. The quantitative estimate of drug-likeness (QED) is 0.220. The number of rotatable bonds is 1. The van der Waals surface area contributed by atoms with Gasteiger partial charge in [-0.05, 0) is 0 Å². The molecule has 0 heterocycles. The summed E-state index contributed by atoms with van der Waals surface area (Å²) in [6, 6.07) is 0. The van der Waals surface area contributed by atoms with Crippen LogP contribution in [0.5, 0.6) is 0 Å². The molecule has 0 aromatic rings. The van der Waals surface area contributed by atoms with Gasteiger partial charge in [0.15, 0.2) is 12.0 Å². The van der Waals surface area contributed by atoms with Crippen molar-refractivity contribution in [3.63, 3.8) is 0 Å². The lowest BCUT2D eigenvalue weighted by atomic mass is 10.7. The summed E-state index contributed by atoms with van der Waals surface area (Å²) in [5, 5.41) is 9.10. The van der Waals surface area contributed by atoms with E-state index in [1.807, 2.05) is 0 Å². The largest absolute Gasteiger partial charge is 0.504 e. The van der Waals surface area contributed by atoms with Crippen LogP contribution in [-0.4, -0.2) is 11.4 Å². The summed E-state index contributed by atoms with van der Waals surface area (Å²) in [7, 11) is 0. The molecule has 0 aliphatic rings. The normalized spacial score (nSPS) is 11.2. The maximum Gasteiger partial charge on any atom is 0.184 e. The van der Waals surface area contributed by atoms with Crippen LogP contribution in [0.25, 0.3) is 0 Å². The van der Waals surface area contributed by atoms with E-state index in [1.54, 1.807) is 0 Å². The van der Waals surface area contributed by atoms with E-state index in [2.05, 4.69) is 12.6 Å². The molecule has 0 aliphatic heterocycles. The molecule has 0 radical (unpaired) electrons. The van der Waals surface area contributed by atoms with Gasteiger partial charge in [0.25, 0.3) is 0 Å². The number of carbonyl (C=O) groups is 1. The third kappa shape index (κ3) is 1.84. The summed E-state index contributed by atoms with van der Waals surface area (Å²) in [5.74, 6) is -0.349. The van der Waals surface area contributed by atoms with Crippen molar-refractivity contribution in [2.45, 2.75) is 0 Å². The number of thiol groups is 1. The number of aldehydes is 1. The Morgan fingerprint density at radius 2 is 2.33 bits per heavy atom. The minimum atomic E-state index is -0.349. The zero-order valence-electron chi connectivity index (χ0n) is 2.96. The monoisotopic (exact) mass is 104 g/mol. The Morgan fingerprint density at radius 1 is 1.83 bits per heavy atom. The van der Waals surface area contributed by atoms with Crippen LogP contribution in [-0.2, 0) is 4.79 Å². The predicted molar refractivity (Wildman–Crippen MR) is 25.8 cm³/mol. The van der Waals surface area contributed by atoms with Gasteiger partial charge in [-0.2, -0.15) is 0 Å². The van der Waals surface area contributed by atoms with Gasteiger partial charge < -0.3 is 5.11 Å². The average molecular weight is 104 g/mol. The first-order valence-corrected chi connectivity index (χ1v) is 1.81. The molecule has 0 rings (SSSR count). The first-order chi connectivity index (χ1) is 2.81. The smallest absolute Gasteiger partial charge is 0.184 e. The summed E-state index contributed by atoms with van der Waals surface area (Å²) < 4.78 is 0. The van der Waals surface area contributed by atoms with Gasteiger partial charge in [-0.1, -0.05) is 0 Å². The summed E-state index contributed by atoms with van der Waals surface area (Å²) in [4.78, 5) is 9.37. The van der Waals surface area contributed by atoms with Gasteiger partial charge in [-0.25, -0.2) is 0 Å². The maximum absolute atomic E-state index is 9.37. The van der Waals surface area contributed by atoms with E-state index in [0.29, 0.717) is 6.29 Å². The summed E-state index contributed by atoms with van der Waals surface area (Å²) >= 11 is 3.45. The molecule has 0 bridgehead atoms. The minimum absolute atomic E-state index is 0.312. The first kappa shape index (κ1) is 5.56. The van der Waals surface area contributed by atoms with Crippen molar-refractivity contribution in [1.82, 2.24) is 0 Å².